The number of nitrogens with zero attached hydrogens (tertiary/aromatic N) is 2. The largest absolute Gasteiger partial charge is 0.312 e. The van der Waals surface area contributed by atoms with Crippen molar-refractivity contribution >= 4 is 44.7 Å². The van der Waals surface area contributed by atoms with Crippen molar-refractivity contribution in [2.75, 3.05) is 5.32 Å². The molecule has 1 unspecified atom stereocenters. The van der Waals surface area contributed by atoms with E-state index in [1.54, 1.807) is 11.3 Å². The van der Waals surface area contributed by atoms with Gasteiger partial charge >= 0.3 is 0 Å². The number of thiophene rings is 1. The summed E-state index contributed by atoms with van der Waals surface area (Å²) < 4.78 is 0. The van der Waals surface area contributed by atoms with Gasteiger partial charge in [0, 0.05) is 20.8 Å². The zero-order valence-corrected chi connectivity index (χ0v) is 19.8. The van der Waals surface area contributed by atoms with E-state index in [-0.39, 0.29) is 5.91 Å². The Morgan fingerprint density at radius 1 is 1.24 bits per heavy atom. The molecule has 2 heterocycles. The van der Waals surface area contributed by atoms with E-state index >= 15 is 0 Å². The number of amides is 1. The van der Waals surface area contributed by atoms with Crippen LogP contribution in [0.3, 0.4) is 0 Å². The molecule has 5 rings (SSSR count). The molecule has 1 N–H and O–H groups in total. The third kappa shape index (κ3) is 4.13. The Morgan fingerprint density at radius 3 is 2.79 bits per heavy atom. The standard InChI is InChI=1S/C27H22ClN3OS/c1-2-16-7-12-20-22(15-29)27(33-25(20)13-16)31-26(32)21-14-24(17-8-10-18(28)11-9-17)30-23-6-4-3-5-19(21)23/h3-6,8-11,14,16H,2,7,12-13H2,1H3,(H,31,32). The summed E-state index contributed by atoms with van der Waals surface area (Å²) in [5.41, 5.74) is 4.60. The number of benzene rings is 2. The van der Waals surface area contributed by atoms with Crippen molar-refractivity contribution in [1.29, 1.82) is 5.26 Å². The van der Waals surface area contributed by atoms with Gasteiger partial charge in [0.05, 0.1) is 22.3 Å². The first-order valence-electron chi connectivity index (χ1n) is 11.1. The number of hydrogen-bond acceptors (Lipinski definition) is 4. The van der Waals surface area contributed by atoms with Gasteiger partial charge in [-0.3, -0.25) is 4.79 Å². The maximum absolute atomic E-state index is 13.5. The molecule has 2 aromatic heterocycles. The number of rotatable bonds is 4. The number of fused-ring (bicyclic) bond motifs is 2. The van der Waals surface area contributed by atoms with E-state index in [2.05, 4.69) is 18.3 Å². The number of pyridine rings is 1. The number of nitrogens with one attached hydrogen (secondary N) is 1. The molecule has 1 aliphatic carbocycles. The molecule has 2 aromatic carbocycles. The summed E-state index contributed by atoms with van der Waals surface area (Å²) in [6, 6.07) is 19.2. The van der Waals surface area contributed by atoms with E-state index in [1.807, 2.05) is 54.6 Å². The zero-order valence-electron chi connectivity index (χ0n) is 18.2. The highest BCUT2D eigenvalue weighted by Gasteiger charge is 2.26. The molecule has 0 saturated carbocycles. The van der Waals surface area contributed by atoms with Crippen LogP contribution in [0, 0.1) is 17.2 Å². The molecule has 6 heteroatoms. The Labute approximate surface area is 201 Å². The minimum absolute atomic E-state index is 0.231. The van der Waals surface area contributed by atoms with Crippen molar-refractivity contribution in [2.24, 2.45) is 5.92 Å². The molecule has 164 valence electrons. The quantitative estimate of drug-likeness (QED) is 0.340. The Hall–Kier alpha value is -3.20. The van der Waals surface area contributed by atoms with Crippen LogP contribution < -0.4 is 5.32 Å². The van der Waals surface area contributed by atoms with Gasteiger partial charge in [-0.05, 0) is 55.0 Å². The first-order chi connectivity index (χ1) is 16.1. The van der Waals surface area contributed by atoms with Gasteiger partial charge in [-0.1, -0.05) is 55.3 Å². The second-order valence-electron chi connectivity index (χ2n) is 8.37. The van der Waals surface area contributed by atoms with Gasteiger partial charge in [0.1, 0.15) is 11.1 Å². The van der Waals surface area contributed by atoms with Gasteiger partial charge in [-0.25, -0.2) is 4.98 Å². The lowest BCUT2D eigenvalue weighted by Crippen LogP contribution is -2.13. The monoisotopic (exact) mass is 471 g/mol. The van der Waals surface area contributed by atoms with Crippen molar-refractivity contribution in [2.45, 2.75) is 32.6 Å². The van der Waals surface area contributed by atoms with E-state index in [0.29, 0.717) is 32.8 Å². The van der Waals surface area contributed by atoms with Crippen LogP contribution in [0.25, 0.3) is 22.2 Å². The minimum Gasteiger partial charge on any atom is -0.312 e. The maximum Gasteiger partial charge on any atom is 0.257 e. The second kappa shape index (κ2) is 8.97. The van der Waals surface area contributed by atoms with Gasteiger partial charge in [0.25, 0.3) is 5.91 Å². The van der Waals surface area contributed by atoms with E-state index in [1.165, 1.54) is 4.88 Å². The molecule has 4 aromatic rings. The minimum atomic E-state index is -0.231. The summed E-state index contributed by atoms with van der Waals surface area (Å²) >= 11 is 7.60. The number of carbonyl (C=O) groups is 1. The lowest BCUT2D eigenvalue weighted by molar-refractivity contribution is 0.102. The topological polar surface area (TPSA) is 65.8 Å². The molecule has 0 bridgehead atoms. The zero-order chi connectivity index (χ0) is 22.9. The summed E-state index contributed by atoms with van der Waals surface area (Å²) in [6.07, 6.45) is 4.13. The summed E-state index contributed by atoms with van der Waals surface area (Å²) in [4.78, 5) is 19.5. The summed E-state index contributed by atoms with van der Waals surface area (Å²) in [5.74, 6) is 0.420. The van der Waals surface area contributed by atoms with Crippen molar-refractivity contribution in [3.8, 4) is 17.3 Å². The third-order valence-corrected chi connectivity index (χ3v) is 7.81. The van der Waals surface area contributed by atoms with Crippen molar-refractivity contribution < 1.29 is 4.79 Å². The smallest absolute Gasteiger partial charge is 0.257 e. The fourth-order valence-corrected chi connectivity index (χ4v) is 5.94. The average molecular weight is 472 g/mol. The Kier molecular flexibility index (Phi) is 5.88. The van der Waals surface area contributed by atoms with Gasteiger partial charge in [-0.15, -0.1) is 11.3 Å². The summed E-state index contributed by atoms with van der Waals surface area (Å²) in [5, 5.41) is 15.0. The van der Waals surface area contributed by atoms with Crippen LogP contribution in [0.2, 0.25) is 5.02 Å². The molecule has 0 spiro atoms. The Bertz CT molecular complexity index is 1400. The molecule has 0 saturated heterocycles. The molecule has 1 atom stereocenters. The first kappa shape index (κ1) is 21.6. The highest BCUT2D eigenvalue weighted by molar-refractivity contribution is 7.16. The van der Waals surface area contributed by atoms with Crippen molar-refractivity contribution in [3.63, 3.8) is 0 Å². The molecule has 1 aliphatic rings. The highest BCUT2D eigenvalue weighted by atomic mass is 35.5. The fraction of sp³-hybridized carbons (Fsp3) is 0.222. The summed E-state index contributed by atoms with van der Waals surface area (Å²) in [7, 11) is 0. The highest BCUT2D eigenvalue weighted by Crippen LogP contribution is 2.40. The second-order valence-corrected chi connectivity index (χ2v) is 9.91. The number of halogens is 1. The van der Waals surface area contributed by atoms with Gasteiger partial charge in [0.15, 0.2) is 0 Å². The lowest BCUT2D eigenvalue weighted by atomic mass is 9.86. The maximum atomic E-state index is 13.5. The fourth-order valence-electron chi connectivity index (χ4n) is 4.51. The van der Waals surface area contributed by atoms with Crippen molar-refractivity contribution in [3.05, 3.63) is 81.2 Å². The Balaban J connectivity index is 1.55. The van der Waals surface area contributed by atoms with Crippen LogP contribution in [0.4, 0.5) is 5.00 Å². The average Bonchev–Trinajstić information content (AvgIpc) is 3.19. The van der Waals surface area contributed by atoms with Crippen molar-refractivity contribution in [1.82, 2.24) is 4.98 Å². The Morgan fingerprint density at radius 2 is 2.03 bits per heavy atom. The number of anilines is 1. The van der Waals surface area contributed by atoms with Crippen LogP contribution in [0.15, 0.2) is 54.6 Å². The van der Waals surface area contributed by atoms with Gasteiger partial charge < -0.3 is 5.32 Å². The number of hydrogen-bond donors (Lipinski definition) is 1. The predicted octanol–water partition coefficient (Wildman–Crippen LogP) is 7.26. The predicted molar refractivity (Wildman–Crippen MR) is 135 cm³/mol. The van der Waals surface area contributed by atoms with Crippen LogP contribution in [-0.4, -0.2) is 10.9 Å². The molecular formula is C27H22ClN3OS. The van der Waals surface area contributed by atoms with E-state index in [4.69, 9.17) is 16.6 Å². The summed E-state index contributed by atoms with van der Waals surface area (Å²) in [6.45, 7) is 2.21. The normalized spacial score (nSPS) is 15.1. The molecule has 33 heavy (non-hydrogen) atoms. The van der Waals surface area contributed by atoms with E-state index in [9.17, 15) is 10.1 Å². The number of para-hydroxylation sites is 1. The molecular weight excluding hydrogens is 450 g/mol. The lowest BCUT2D eigenvalue weighted by Gasteiger charge is -2.20. The molecule has 1 amide bonds. The van der Waals surface area contributed by atoms with Crippen LogP contribution in [-0.2, 0) is 12.8 Å². The number of aromatic nitrogens is 1. The number of nitriles is 1. The third-order valence-electron chi connectivity index (χ3n) is 6.38. The van der Waals surface area contributed by atoms with E-state index in [0.717, 1.165) is 47.7 Å². The first-order valence-corrected chi connectivity index (χ1v) is 12.3. The van der Waals surface area contributed by atoms with Crippen LogP contribution in [0.5, 0.6) is 0 Å². The van der Waals surface area contributed by atoms with Gasteiger partial charge in [-0.2, -0.15) is 5.26 Å². The molecule has 0 radical (unpaired) electrons. The molecule has 0 fully saturated rings. The van der Waals surface area contributed by atoms with Crippen LogP contribution in [0.1, 0.15) is 46.1 Å². The van der Waals surface area contributed by atoms with E-state index < -0.39 is 0 Å². The van der Waals surface area contributed by atoms with Gasteiger partial charge in [0.2, 0.25) is 0 Å². The number of carbonyl (C=O) groups excluding carboxylic acids is 1. The SMILES string of the molecule is CCC1CCc2c(sc(NC(=O)c3cc(-c4ccc(Cl)cc4)nc4ccccc34)c2C#N)C1. The van der Waals surface area contributed by atoms with Crippen LogP contribution >= 0.6 is 22.9 Å². The molecule has 4 nitrogen and oxygen atoms in total. The molecule has 0 aliphatic heterocycles.